The van der Waals surface area contributed by atoms with Gasteiger partial charge in [-0.3, -0.25) is 9.08 Å². The van der Waals surface area contributed by atoms with Gasteiger partial charge in [0.2, 0.25) is 10.4 Å². The first-order valence-electron chi connectivity index (χ1n) is 6.25. The number of benzene rings is 1. The highest BCUT2D eigenvalue weighted by Crippen LogP contribution is 2.19. The fourth-order valence-corrected chi connectivity index (χ4v) is 1.58. The Morgan fingerprint density at radius 2 is 2.00 bits per heavy atom. The molecule has 1 aliphatic heterocycles. The fraction of sp³-hybridized carbons (Fsp3) is 0.333. The Labute approximate surface area is 132 Å². The fourth-order valence-electron chi connectivity index (χ4n) is 1.58. The maximum Gasteiger partial charge on any atom is 0.284 e. The van der Waals surface area contributed by atoms with Gasteiger partial charge >= 0.3 is 0 Å². The maximum atomic E-state index is 13.3. The van der Waals surface area contributed by atoms with E-state index in [1.807, 2.05) is 31.4 Å². The topological polar surface area (TPSA) is 98.8 Å². The normalized spacial score (nSPS) is 20.7. The van der Waals surface area contributed by atoms with Crippen LogP contribution in [-0.4, -0.2) is 45.4 Å². The monoisotopic (exact) mass is 350 g/mol. The molecule has 1 heterocycles. The van der Waals surface area contributed by atoms with Crippen molar-refractivity contribution >= 4 is 16.1 Å². The number of hydrogen-bond donors (Lipinski definition) is 1. The van der Waals surface area contributed by atoms with E-state index in [0.717, 1.165) is 24.1 Å². The van der Waals surface area contributed by atoms with Crippen LogP contribution in [0.3, 0.4) is 0 Å². The number of quaternary nitrogens is 1. The molecule has 0 aliphatic carbocycles. The molecule has 0 saturated carbocycles. The van der Waals surface area contributed by atoms with Gasteiger partial charge < -0.3 is 9.45 Å². The standard InChI is InChI=1S/C11H12F2N4.CH4O4S/c1-16-5-6-17(2)11(16)15-14-10-4-3-8(12)7-9(10)13;1-5-6(2,3)4/h3-7,11H,1-2H3;1H3,(H,2,3,4). The Hall–Kier alpha value is -1.95. The average Bonchev–Trinajstić information content (AvgIpc) is 2.77. The second-order valence-corrected chi connectivity index (χ2v) is 5.63. The van der Waals surface area contributed by atoms with Crippen LogP contribution in [0.2, 0.25) is 0 Å². The van der Waals surface area contributed by atoms with Crippen molar-refractivity contribution in [2.75, 3.05) is 21.2 Å². The second-order valence-electron chi connectivity index (χ2n) is 4.49. The van der Waals surface area contributed by atoms with E-state index in [0.29, 0.717) is 0 Å². The van der Waals surface area contributed by atoms with Crippen molar-refractivity contribution in [3.8, 4) is 0 Å². The summed E-state index contributed by atoms with van der Waals surface area (Å²) in [6, 6.07) is 3.22. The van der Waals surface area contributed by atoms with Crippen molar-refractivity contribution in [2.24, 2.45) is 10.2 Å². The smallest absolute Gasteiger partial charge is 0.284 e. The van der Waals surface area contributed by atoms with E-state index in [9.17, 15) is 21.8 Å². The van der Waals surface area contributed by atoms with Crippen LogP contribution in [0.1, 0.15) is 0 Å². The van der Waals surface area contributed by atoms with E-state index in [4.69, 9.17) is 0 Å². The molecule has 1 aromatic carbocycles. The summed E-state index contributed by atoms with van der Waals surface area (Å²) in [5.74, 6) is -1.33. The van der Waals surface area contributed by atoms with Gasteiger partial charge in [0.1, 0.15) is 17.7 Å². The molecule has 1 aromatic rings. The summed E-state index contributed by atoms with van der Waals surface area (Å²) in [6.07, 6.45) is 3.59. The predicted octanol–water partition coefficient (Wildman–Crippen LogP) is 0.356. The zero-order chi connectivity index (χ0) is 17.6. The minimum atomic E-state index is -4.41. The molecule has 1 aliphatic rings. The second kappa shape index (κ2) is 8.06. The van der Waals surface area contributed by atoms with Crippen molar-refractivity contribution in [3.63, 3.8) is 0 Å². The summed E-state index contributed by atoms with van der Waals surface area (Å²) in [5.41, 5.74) is 0.0412. The summed E-state index contributed by atoms with van der Waals surface area (Å²) >= 11 is 0. The average molecular weight is 350 g/mol. The summed E-state index contributed by atoms with van der Waals surface area (Å²) in [6.45, 7) is 0. The molecule has 128 valence electrons. The molecule has 0 amide bonds. The van der Waals surface area contributed by atoms with E-state index < -0.39 is 22.0 Å². The van der Waals surface area contributed by atoms with Gasteiger partial charge in [-0.2, -0.15) is 0 Å². The van der Waals surface area contributed by atoms with Crippen LogP contribution >= 0.6 is 0 Å². The molecule has 2 unspecified atom stereocenters. The van der Waals surface area contributed by atoms with Crippen molar-refractivity contribution in [2.45, 2.75) is 6.29 Å². The first-order valence-corrected chi connectivity index (χ1v) is 7.58. The third-order valence-electron chi connectivity index (χ3n) is 2.75. The minimum Gasteiger partial charge on any atom is -0.726 e. The van der Waals surface area contributed by atoms with Gasteiger partial charge in [-0.1, -0.05) is 0 Å². The molecular formula is C12H16F2N4O4S. The Bertz CT molecular complexity index is 684. The lowest BCUT2D eigenvalue weighted by molar-refractivity contribution is -0.856. The van der Waals surface area contributed by atoms with Gasteiger partial charge in [-0.05, 0) is 12.1 Å². The first kappa shape index (κ1) is 19.1. The highest BCUT2D eigenvalue weighted by Gasteiger charge is 2.24. The van der Waals surface area contributed by atoms with Gasteiger partial charge in [0, 0.05) is 13.1 Å². The summed E-state index contributed by atoms with van der Waals surface area (Å²) in [7, 11) is 0.176. The number of hydrogen-bond acceptors (Lipinski definition) is 7. The van der Waals surface area contributed by atoms with Crippen LogP contribution in [0, 0.1) is 11.6 Å². The quantitative estimate of drug-likeness (QED) is 0.482. The molecule has 8 nitrogen and oxygen atoms in total. The molecule has 0 spiro atoms. The highest BCUT2D eigenvalue weighted by molar-refractivity contribution is 7.80. The Morgan fingerprint density at radius 3 is 2.43 bits per heavy atom. The van der Waals surface area contributed by atoms with E-state index in [2.05, 4.69) is 14.4 Å². The Balaban J connectivity index is 0.000000379. The lowest BCUT2D eigenvalue weighted by Gasteiger charge is -2.16. The lowest BCUT2D eigenvalue weighted by Crippen LogP contribution is -3.08. The third-order valence-corrected chi connectivity index (χ3v) is 3.16. The molecule has 0 bridgehead atoms. The van der Waals surface area contributed by atoms with Crippen LogP contribution in [-0.2, 0) is 14.6 Å². The predicted molar refractivity (Wildman–Crippen MR) is 75.2 cm³/mol. The molecule has 23 heavy (non-hydrogen) atoms. The Morgan fingerprint density at radius 1 is 1.39 bits per heavy atom. The number of halogens is 2. The van der Waals surface area contributed by atoms with Crippen LogP contribution in [0.25, 0.3) is 0 Å². The SMILES string of the molecule is CN1C=C[NH+](C)C1N=Nc1ccc(F)cc1F.COS(=O)(=O)[O-]. The summed E-state index contributed by atoms with van der Waals surface area (Å²) in [5, 5.41) is 7.85. The van der Waals surface area contributed by atoms with Crippen molar-refractivity contribution in [1.29, 1.82) is 0 Å². The van der Waals surface area contributed by atoms with Crippen LogP contribution < -0.4 is 4.90 Å². The van der Waals surface area contributed by atoms with E-state index in [-0.39, 0.29) is 12.0 Å². The number of azo groups is 1. The molecule has 0 radical (unpaired) electrons. The first-order chi connectivity index (χ1) is 10.6. The van der Waals surface area contributed by atoms with Crippen LogP contribution in [0.5, 0.6) is 0 Å². The lowest BCUT2D eigenvalue weighted by atomic mass is 10.3. The van der Waals surface area contributed by atoms with Gasteiger partial charge in [0.25, 0.3) is 6.29 Å². The summed E-state index contributed by atoms with van der Waals surface area (Å²) < 4.78 is 57.0. The number of rotatable bonds is 3. The molecule has 2 rings (SSSR count). The zero-order valence-electron chi connectivity index (χ0n) is 12.6. The molecule has 0 fully saturated rings. The van der Waals surface area contributed by atoms with E-state index in [1.165, 1.54) is 6.07 Å². The van der Waals surface area contributed by atoms with Gasteiger partial charge in [-0.25, -0.2) is 17.2 Å². The van der Waals surface area contributed by atoms with Crippen LogP contribution in [0.15, 0.2) is 40.8 Å². The van der Waals surface area contributed by atoms with E-state index in [1.54, 1.807) is 0 Å². The van der Waals surface area contributed by atoms with E-state index >= 15 is 0 Å². The molecule has 0 saturated heterocycles. The van der Waals surface area contributed by atoms with Crippen LogP contribution in [0.4, 0.5) is 14.5 Å². The van der Waals surface area contributed by atoms with Gasteiger partial charge in [0.05, 0.1) is 20.4 Å². The number of nitrogens with one attached hydrogen (secondary N) is 1. The molecule has 2 atom stereocenters. The van der Waals surface area contributed by atoms with Crippen molar-refractivity contribution in [1.82, 2.24) is 4.90 Å². The Kier molecular flexibility index (Phi) is 6.69. The zero-order valence-corrected chi connectivity index (χ0v) is 13.4. The van der Waals surface area contributed by atoms with Gasteiger partial charge in [-0.15, -0.1) is 10.2 Å². The third kappa shape index (κ3) is 6.36. The minimum absolute atomic E-state index is 0.0412. The molecule has 1 N–H and O–H groups in total. The summed E-state index contributed by atoms with van der Waals surface area (Å²) in [4.78, 5) is 2.89. The van der Waals surface area contributed by atoms with Crippen molar-refractivity contribution in [3.05, 3.63) is 42.2 Å². The van der Waals surface area contributed by atoms with Crippen molar-refractivity contribution < 1.29 is 30.8 Å². The maximum absolute atomic E-state index is 13.3. The number of nitrogens with zero attached hydrogens (tertiary/aromatic N) is 3. The molecule has 11 heteroatoms. The molecule has 0 aromatic heterocycles. The molecular weight excluding hydrogens is 334 g/mol. The largest absolute Gasteiger partial charge is 0.726 e. The highest BCUT2D eigenvalue weighted by atomic mass is 32.3. The van der Waals surface area contributed by atoms with Gasteiger partial charge in [0.15, 0.2) is 5.82 Å².